The van der Waals surface area contributed by atoms with Gasteiger partial charge in [-0.2, -0.15) is 0 Å². The van der Waals surface area contributed by atoms with Crippen molar-refractivity contribution in [3.63, 3.8) is 0 Å². The van der Waals surface area contributed by atoms with E-state index in [0.717, 1.165) is 57.8 Å². The molecule has 0 saturated heterocycles. The molecule has 0 radical (unpaired) electrons. The zero-order valence-corrected chi connectivity index (χ0v) is 19.3. The fourth-order valence-electron chi connectivity index (χ4n) is 3.65. The molecule has 164 valence electrons. The normalized spacial score (nSPS) is 12.1. The first-order chi connectivity index (χ1) is 13.5. The topological polar surface area (TPSA) is 63.6 Å². The van der Waals surface area contributed by atoms with Gasteiger partial charge in [0.25, 0.3) is 6.47 Å². The number of unbranched alkanes of at least 4 members (excludes halogenated alkanes) is 3. The van der Waals surface area contributed by atoms with E-state index in [4.69, 9.17) is 4.74 Å². The van der Waals surface area contributed by atoms with E-state index in [9.17, 15) is 14.7 Å². The number of aryl methyl sites for hydroxylation is 3. The largest absolute Gasteiger partial charge is 0.481 e. The van der Waals surface area contributed by atoms with Crippen molar-refractivity contribution in [1.29, 1.82) is 0 Å². The minimum atomic E-state index is -0.711. The highest BCUT2D eigenvalue weighted by Gasteiger charge is 2.25. The molecule has 0 atom stereocenters. The number of carboxylic acid groups (broad SMARTS) is 1. The van der Waals surface area contributed by atoms with E-state index >= 15 is 0 Å². The summed E-state index contributed by atoms with van der Waals surface area (Å²) < 4.78 is 5.13. The van der Waals surface area contributed by atoms with Crippen LogP contribution in [0.15, 0.2) is 12.1 Å². The van der Waals surface area contributed by atoms with E-state index in [-0.39, 0.29) is 5.60 Å². The Morgan fingerprint density at radius 3 is 2.21 bits per heavy atom. The monoisotopic (exact) mass is 404 g/mol. The van der Waals surface area contributed by atoms with Crippen LogP contribution in [-0.4, -0.2) is 23.1 Å². The van der Waals surface area contributed by atoms with Gasteiger partial charge < -0.3 is 9.84 Å². The summed E-state index contributed by atoms with van der Waals surface area (Å²) in [6.45, 7) is 12.4. The van der Waals surface area contributed by atoms with Crippen molar-refractivity contribution in [3.05, 3.63) is 34.4 Å². The van der Waals surface area contributed by atoms with Crippen LogP contribution in [0.1, 0.15) is 94.9 Å². The molecule has 0 amide bonds. The lowest BCUT2D eigenvalue weighted by Gasteiger charge is -2.22. The lowest BCUT2D eigenvalue weighted by molar-refractivity contribution is -0.147. The van der Waals surface area contributed by atoms with Crippen molar-refractivity contribution in [2.75, 3.05) is 0 Å². The summed E-state index contributed by atoms with van der Waals surface area (Å²) in [4.78, 5) is 21.7. The van der Waals surface area contributed by atoms with Crippen molar-refractivity contribution in [2.45, 2.75) is 105 Å². The number of carbonyl (C=O) groups is 2. The Morgan fingerprint density at radius 2 is 1.59 bits per heavy atom. The number of benzene rings is 1. The molecule has 4 nitrogen and oxygen atoms in total. The molecule has 1 N–H and O–H groups in total. The molecular weight excluding hydrogens is 364 g/mol. The fourth-order valence-corrected chi connectivity index (χ4v) is 3.65. The van der Waals surface area contributed by atoms with E-state index in [0.29, 0.717) is 6.47 Å². The number of hydrogen-bond donors (Lipinski definition) is 1. The van der Waals surface area contributed by atoms with Crippen molar-refractivity contribution in [2.24, 2.45) is 5.41 Å². The lowest BCUT2D eigenvalue weighted by Crippen LogP contribution is -2.23. The molecule has 1 rings (SSSR count). The van der Waals surface area contributed by atoms with Crippen LogP contribution in [0.25, 0.3) is 0 Å². The van der Waals surface area contributed by atoms with Crippen molar-refractivity contribution >= 4 is 12.4 Å². The SMILES string of the molecule is Cc1cc(CCCCCC(C)(C)C(=O)O)cc(CCCCC(C)(C)OC=O)c1C. The Morgan fingerprint density at radius 1 is 0.966 bits per heavy atom. The van der Waals surface area contributed by atoms with Gasteiger partial charge >= 0.3 is 5.97 Å². The Labute approximate surface area is 177 Å². The van der Waals surface area contributed by atoms with Gasteiger partial charge in [-0.05, 0) is 109 Å². The molecule has 0 unspecified atom stereocenters. The molecule has 0 spiro atoms. The van der Waals surface area contributed by atoms with Gasteiger partial charge in [0.05, 0.1) is 5.41 Å². The second kappa shape index (κ2) is 11.4. The Balaban J connectivity index is 2.50. The van der Waals surface area contributed by atoms with Gasteiger partial charge in [-0.3, -0.25) is 9.59 Å². The number of aliphatic carboxylic acids is 1. The third-order valence-electron chi connectivity index (χ3n) is 6.02. The maximum Gasteiger partial charge on any atom is 0.309 e. The highest BCUT2D eigenvalue weighted by molar-refractivity contribution is 5.73. The van der Waals surface area contributed by atoms with Crippen molar-refractivity contribution < 1.29 is 19.4 Å². The molecule has 0 aliphatic rings. The number of ether oxygens (including phenoxy) is 1. The van der Waals surface area contributed by atoms with Gasteiger partial charge in [0, 0.05) is 0 Å². The summed E-state index contributed by atoms with van der Waals surface area (Å²) in [6.07, 6.45) is 8.91. The maximum atomic E-state index is 11.2. The highest BCUT2D eigenvalue weighted by Crippen LogP contribution is 2.25. The zero-order valence-electron chi connectivity index (χ0n) is 19.3. The molecule has 0 saturated carbocycles. The van der Waals surface area contributed by atoms with Crippen LogP contribution in [0.5, 0.6) is 0 Å². The second-order valence-corrected chi connectivity index (χ2v) is 9.63. The summed E-state index contributed by atoms with van der Waals surface area (Å²) in [5, 5.41) is 9.20. The first kappa shape index (κ1) is 25.2. The van der Waals surface area contributed by atoms with E-state index in [1.807, 2.05) is 13.8 Å². The number of carbonyl (C=O) groups excluding carboxylic acids is 1. The highest BCUT2D eigenvalue weighted by atomic mass is 16.5. The summed E-state index contributed by atoms with van der Waals surface area (Å²) >= 11 is 0. The lowest BCUT2D eigenvalue weighted by atomic mass is 9.87. The summed E-state index contributed by atoms with van der Waals surface area (Å²) in [5.41, 5.74) is 4.50. The number of rotatable bonds is 14. The fraction of sp³-hybridized carbons (Fsp3) is 0.680. The third-order valence-corrected chi connectivity index (χ3v) is 6.02. The molecule has 0 fully saturated rings. The molecule has 0 bridgehead atoms. The molecule has 0 heterocycles. The summed E-state index contributed by atoms with van der Waals surface area (Å²) in [6, 6.07) is 4.64. The quantitative estimate of drug-likeness (QED) is 0.297. The van der Waals surface area contributed by atoms with Gasteiger partial charge in [0.2, 0.25) is 0 Å². The van der Waals surface area contributed by atoms with Gasteiger partial charge in [0.15, 0.2) is 0 Å². The molecule has 0 aromatic heterocycles. The van der Waals surface area contributed by atoms with Gasteiger partial charge in [-0.25, -0.2) is 0 Å². The van der Waals surface area contributed by atoms with Crippen LogP contribution >= 0.6 is 0 Å². The number of carboxylic acids is 1. The smallest absolute Gasteiger partial charge is 0.309 e. The Bertz CT molecular complexity index is 674. The van der Waals surface area contributed by atoms with E-state index in [1.54, 1.807) is 13.8 Å². The summed E-state index contributed by atoms with van der Waals surface area (Å²) in [5.74, 6) is -0.711. The van der Waals surface area contributed by atoms with Gasteiger partial charge in [-0.1, -0.05) is 25.0 Å². The van der Waals surface area contributed by atoms with Crippen LogP contribution in [0.2, 0.25) is 0 Å². The first-order valence-corrected chi connectivity index (χ1v) is 10.9. The van der Waals surface area contributed by atoms with E-state index < -0.39 is 11.4 Å². The molecule has 29 heavy (non-hydrogen) atoms. The minimum absolute atomic E-state index is 0.385. The molecule has 1 aromatic rings. The molecule has 0 aliphatic heterocycles. The first-order valence-electron chi connectivity index (χ1n) is 10.9. The average molecular weight is 405 g/mol. The average Bonchev–Trinajstić information content (AvgIpc) is 2.61. The van der Waals surface area contributed by atoms with Gasteiger partial charge in [0.1, 0.15) is 5.60 Å². The minimum Gasteiger partial charge on any atom is -0.481 e. The predicted molar refractivity (Wildman–Crippen MR) is 118 cm³/mol. The van der Waals surface area contributed by atoms with Crippen LogP contribution in [-0.2, 0) is 27.2 Å². The summed E-state index contributed by atoms with van der Waals surface area (Å²) in [7, 11) is 0. The molecule has 1 aromatic carbocycles. The van der Waals surface area contributed by atoms with Crippen molar-refractivity contribution in [1.82, 2.24) is 0 Å². The van der Waals surface area contributed by atoms with Crippen LogP contribution in [0, 0.1) is 19.3 Å². The Hall–Kier alpha value is -1.84. The van der Waals surface area contributed by atoms with E-state index in [2.05, 4.69) is 26.0 Å². The van der Waals surface area contributed by atoms with Crippen LogP contribution in [0.4, 0.5) is 0 Å². The second-order valence-electron chi connectivity index (χ2n) is 9.63. The molecular formula is C25H40O4. The molecule has 4 heteroatoms. The number of hydrogen-bond acceptors (Lipinski definition) is 3. The standard InChI is InChI=1S/C25H40O4/c1-19-16-21(12-8-7-10-14-24(3,4)23(27)28)17-22(20(19)2)13-9-11-15-25(5,6)29-18-26/h16-18H,7-15H2,1-6H3,(H,27,28). The van der Waals surface area contributed by atoms with Crippen LogP contribution < -0.4 is 0 Å². The Kier molecular flexibility index (Phi) is 9.88. The van der Waals surface area contributed by atoms with Gasteiger partial charge in [-0.15, -0.1) is 0 Å². The predicted octanol–water partition coefficient (Wildman–Crippen LogP) is 6.18. The molecule has 0 aliphatic carbocycles. The zero-order chi connectivity index (χ0) is 22.1. The maximum absolute atomic E-state index is 11.2. The third kappa shape index (κ3) is 9.01. The van der Waals surface area contributed by atoms with E-state index in [1.165, 1.54) is 22.3 Å². The van der Waals surface area contributed by atoms with Crippen LogP contribution in [0.3, 0.4) is 0 Å². The van der Waals surface area contributed by atoms with Crippen molar-refractivity contribution in [3.8, 4) is 0 Å².